The van der Waals surface area contributed by atoms with E-state index in [4.69, 9.17) is 32.7 Å². The van der Waals surface area contributed by atoms with E-state index in [2.05, 4.69) is 20.9 Å². The number of hydrogen-bond donors (Lipinski definition) is 0. The Balaban J connectivity index is 1.82. The predicted octanol–water partition coefficient (Wildman–Crippen LogP) is 6.78. The van der Waals surface area contributed by atoms with Gasteiger partial charge in [0.2, 0.25) is 0 Å². The first kappa shape index (κ1) is 20.0. The molecular weight excluding hydrogens is 501 g/mol. The Morgan fingerprint density at radius 3 is 2.45 bits per heavy atom. The van der Waals surface area contributed by atoms with E-state index in [1.54, 1.807) is 30.5 Å². The topological polar surface area (TPSA) is 60.9 Å². The van der Waals surface area contributed by atoms with Crippen LogP contribution in [0.5, 0.6) is 0 Å². The van der Waals surface area contributed by atoms with E-state index in [0.29, 0.717) is 32.6 Å². The number of halogens is 3. The summed E-state index contributed by atoms with van der Waals surface area (Å²) < 4.78 is 7.60. The average Bonchev–Trinajstić information content (AvgIpc) is 3.29. The predicted molar refractivity (Wildman–Crippen MR) is 126 cm³/mol. The lowest BCUT2D eigenvalue weighted by molar-refractivity contribution is 0.572. The molecule has 0 amide bonds. The van der Waals surface area contributed by atoms with Crippen LogP contribution in [0.4, 0.5) is 0 Å². The highest BCUT2D eigenvalue weighted by Crippen LogP contribution is 2.33. The fraction of sp³-hybridized carbons (Fsp3) is 0. The number of aromatic nitrogens is 3. The summed E-state index contributed by atoms with van der Waals surface area (Å²) in [5, 5.41) is 6.78. The second kappa shape index (κ2) is 7.96. The first-order valence-corrected chi connectivity index (χ1v) is 10.7. The summed E-state index contributed by atoms with van der Waals surface area (Å²) in [5.41, 5.74) is 2.44. The highest BCUT2D eigenvalue weighted by Gasteiger charge is 2.16. The summed E-state index contributed by atoms with van der Waals surface area (Å²) >= 11 is 16.0. The summed E-state index contributed by atoms with van der Waals surface area (Å²) in [4.78, 5) is 17.2. The van der Waals surface area contributed by atoms with Gasteiger partial charge >= 0.3 is 0 Å². The summed E-state index contributed by atoms with van der Waals surface area (Å²) in [6.07, 6.45) is 3.03. The van der Waals surface area contributed by atoms with Gasteiger partial charge in [-0.1, -0.05) is 57.3 Å². The van der Waals surface area contributed by atoms with Crippen LogP contribution in [0.25, 0.3) is 39.0 Å². The van der Waals surface area contributed by atoms with Crippen LogP contribution in [0.1, 0.15) is 0 Å². The minimum absolute atomic E-state index is 0.269. The summed E-state index contributed by atoms with van der Waals surface area (Å²) in [6, 6.07) is 18.1. The van der Waals surface area contributed by atoms with Gasteiger partial charge in [0.05, 0.1) is 28.0 Å². The van der Waals surface area contributed by atoms with Crippen LogP contribution in [0, 0.1) is 0 Å². The molecule has 5 aromatic rings. The maximum Gasteiger partial charge on any atom is 0.279 e. The molecule has 0 saturated carbocycles. The Labute approximate surface area is 195 Å². The molecule has 0 radical (unpaired) electrons. The number of rotatable bonds is 3. The molecule has 0 aliphatic heterocycles. The van der Waals surface area contributed by atoms with Crippen molar-refractivity contribution >= 4 is 49.9 Å². The third-order valence-electron chi connectivity index (χ3n) is 4.83. The molecule has 0 unspecified atom stereocenters. The Kier molecular flexibility index (Phi) is 5.14. The molecular formula is C23H12BrCl2N3O2. The van der Waals surface area contributed by atoms with Crippen LogP contribution in [-0.4, -0.2) is 14.8 Å². The molecule has 0 saturated heterocycles. The van der Waals surface area contributed by atoms with Crippen molar-refractivity contribution in [2.24, 2.45) is 0 Å². The highest BCUT2D eigenvalue weighted by molar-refractivity contribution is 9.10. The number of fused-ring (bicyclic) bond motifs is 1. The largest absolute Gasteiger partial charge is 0.444 e. The Bertz CT molecular complexity index is 1500. The van der Waals surface area contributed by atoms with Crippen LogP contribution in [0.15, 0.2) is 86.9 Å². The molecule has 0 spiro atoms. The van der Waals surface area contributed by atoms with Crippen molar-refractivity contribution in [1.82, 2.24) is 14.8 Å². The van der Waals surface area contributed by atoms with Gasteiger partial charge in [0, 0.05) is 26.0 Å². The van der Waals surface area contributed by atoms with Crippen molar-refractivity contribution in [2.75, 3.05) is 0 Å². The van der Waals surface area contributed by atoms with Gasteiger partial charge in [-0.25, -0.2) is 4.98 Å². The molecule has 0 atom stereocenters. The zero-order valence-corrected chi connectivity index (χ0v) is 18.8. The molecule has 3 aromatic carbocycles. The van der Waals surface area contributed by atoms with Gasteiger partial charge in [-0.3, -0.25) is 4.79 Å². The summed E-state index contributed by atoms with van der Waals surface area (Å²) in [6.45, 7) is 0. The zero-order chi connectivity index (χ0) is 21.5. The van der Waals surface area contributed by atoms with E-state index >= 15 is 0 Å². The van der Waals surface area contributed by atoms with Crippen molar-refractivity contribution in [3.8, 4) is 28.3 Å². The van der Waals surface area contributed by atoms with E-state index in [0.717, 1.165) is 21.0 Å². The molecule has 0 fully saturated rings. The zero-order valence-electron chi connectivity index (χ0n) is 15.7. The Morgan fingerprint density at radius 1 is 0.935 bits per heavy atom. The SMILES string of the molecule is O=c1c2ccccc2c(-c2cc(Br)cc(-c3cnco3)c2)nn1-c1ccc(Cl)cc1Cl. The fourth-order valence-corrected chi connectivity index (χ4v) is 4.43. The minimum atomic E-state index is -0.269. The minimum Gasteiger partial charge on any atom is -0.444 e. The molecule has 0 bridgehead atoms. The van der Waals surface area contributed by atoms with E-state index < -0.39 is 0 Å². The van der Waals surface area contributed by atoms with Crippen molar-refractivity contribution in [2.45, 2.75) is 0 Å². The van der Waals surface area contributed by atoms with Crippen LogP contribution in [0.2, 0.25) is 10.0 Å². The van der Waals surface area contributed by atoms with Gasteiger partial charge in [0.25, 0.3) is 5.56 Å². The van der Waals surface area contributed by atoms with Crippen molar-refractivity contribution in [1.29, 1.82) is 0 Å². The summed E-state index contributed by atoms with van der Waals surface area (Å²) in [5.74, 6) is 0.626. The number of nitrogens with zero attached hydrogens (tertiary/aromatic N) is 3. The molecule has 2 aromatic heterocycles. The number of hydrogen-bond acceptors (Lipinski definition) is 4. The van der Waals surface area contributed by atoms with E-state index in [9.17, 15) is 4.79 Å². The fourth-order valence-electron chi connectivity index (χ4n) is 3.45. The maximum atomic E-state index is 13.2. The Hall–Kier alpha value is -2.93. The molecule has 2 heterocycles. The van der Waals surface area contributed by atoms with Crippen molar-refractivity contribution in [3.05, 3.63) is 98.1 Å². The second-order valence-corrected chi connectivity index (χ2v) is 8.56. The quantitative estimate of drug-likeness (QED) is 0.267. The smallest absolute Gasteiger partial charge is 0.279 e. The van der Waals surface area contributed by atoms with Crippen molar-refractivity contribution in [3.63, 3.8) is 0 Å². The van der Waals surface area contributed by atoms with Crippen LogP contribution in [-0.2, 0) is 0 Å². The van der Waals surface area contributed by atoms with Crippen LogP contribution < -0.4 is 5.56 Å². The third-order valence-corrected chi connectivity index (χ3v) is 5.83. The first-order chi connectivity index (χ1) is 15.0. The van der Waals surface area contributed by atoms with E-state index in [-0.39, 0.29) is 5.56 Å². The highest BCUT2D eigenvalue weighted by atomic mass is 79.9. The molecule has 8 heteroatoms. The maximum absolute atomic E-state index is 13.2. The van der Waals surface area contributed by atoms with E-state index in [1.165, 1.54) is 11.1 Å². The van der Waals surface area contributed by atoms with Gasteiger partial charge in [0.15, 0.2) is 12.2 Å². The van der Waals surface area contributed by atoms with Crippen LogP contribution >= 0.6 is 39.1 Å². The second-order valence-electron chi connectivity index (χ2n) is 6.80. The van der Waals surface area contributed by atoms with Crippen LogP contribution in [0.3, 0.4) is 0 Å². The average molecular weight is 513 g/mol. The van der Waals surface area contributed by atoms with E-state index in [1.807, 2.05) is 36.4 Å². The lowest BCUT2D eigenvalue weighted by Gasteiger charge is -2.13. The molecule has 31 heavy (non-hydrogen) atoms. The lowest BCUT2D eigenvalue weighted by Crippen LogP contribution is -2.22. The Morgan fingerprint density at radius 2 is 1.71 bits per heavy atom. The molecule has 5 nitrogen and oxygen atoms in total. The molecule has 0 aliphatic carbocycles. The molecule has 0 aliphatic rings. The van der Waals surface area contributed by atoms with Gasteiger partial charge in [-0.05, 0) is 42.5 Å². The lowest BCUT2D eigenvalue weighted by atomic mass is 10.0. The standard InChI is InChI=1S/C23H12BrCl2N3O2/c24-15-8-13(21-11-27-12-31-21)7-14(9-15)22-17-3-1-2-4-18(17)23(30)29(28-22)20-6-5-16(25)10-19(20)26/h1-12H. The van der Waals surface area contributed by atoms with Gasteiger partial charge in [-0.2, -0.15) is 9.78 Å². The molecule has 5 rings (SSSR count). The third kappa shape index (κ3) is 3.67. The van der Waals surface area contributed by atoms with Gasteiger partial charge < -0.3 is 4.42 Å². The number of benzene rings is 3. The summed E-state index contributed by atoms with van der Waals surface area (Å²) in [7, 11) is 0. The molecule has 152 valence electrons. The first-order valence-electron chi connectivity index (χ1n) is 9.18. The normalized spacial score (nSPS) is 11.2. The van der Waals surface area contributed by atoms with Gasteiger partial charge in [-0.15, -0.1) is 0 Å². The van der Waals surface area contributed by atoms with Gasteiger partial charge in [0.1, 0.15) is 0 Å². The van der Waals surface area contributed by atoms with Crippen molar-refractivity contribution < 1.29 is 4.42 Å². The number of oxazole rings is 1. The monoisotopic (exact) mass is 511 g/mol. The molecule has 0 N–H and O–H groups in total.